The van der Waals surface area contributed by atoms with Crippen molar-refractivity contribution >= 4 is 33.3 Å². The van der Waals surface area contributed by atoms with Crippen LogP contribution in [0, 0.1) is 0 Å². The summed E-state index contributed by atoms with van der Waals surface area (Å²) in [6.07, 6.45) is 6.79. The van der Waals surface area contributed by atoms with Crippen molar-refractivity contribution in [1.82, 2.24) is 8.97 Å². The summed E-state index contributed by atoms with van der Waals surface area (Å²) in [5.74, 6) is 0.0137. The number of ketones is 1. The van der Waals surface area contributed by atoms with Gasteiger partial charge < -0.3 is 8.97 Å². The molecule has 0 spiro atoms. The molecule has 1 aliphatic rings. The fraction of sp³-hybridized carbons (Fsp3) is 0.286. The maximum atomic E-state index is 12.5. The number of Topliss-reactive ketones (excluding diaryl/α,β-unsaturated/α-hetero) is 1. The van der Waals surface area contributed by atoms with Crippen molar-refractivity contribution in [2.24, 2.45) is 0 Å². The Morgan fingerprint density at radius 3 is 2.95 bits per heavy atom. The second kappa shape index (κ2) is 4.81. The smallest absolute Gasteiger partial charge is 0.275 e. The molecule has 0 saturated heterocycles. The fourth-order valence-electron chi connectivity index (χ4n) is 2.52. The number of alkyl halides is 1. The van der Waals surface area contributed by atoms with E-state index >= 15 is 0 Å². The van der Waals surface area contributed by atoms with Gasteiger partial charge in [-0.3, -0.25) is 9.59 Å². The quantitative estimate of drug-likeness (QED) is 0.815. The number of halogens is 1. The van der Waals surface area contributed by atoms with E-state index in [1.165, 1.54) is 0 Å². The van der Waals surface area contributed by atoms with E-state index in [0.717, 1.165) is 17.4 Å². The van der Waals surface area contributed by atoms with Crippen LogP contribution in [0.1, 0.15) is 29.0 Å². The van der Waals surface area contributed by atoms with Gasteiger partial charge in [0.2, 0.25) is 0 Å². The molecule has 5 heteroatoms. The minimum absolute atomic E-state index is 0.0137. The van der Waals surface area contributed by atoms with Crippen LogP contribution in [0.5, 0.6) is 0 Å². The fourth-order valence-corrected chi connectivity index (χ4v) is 2.77. The average Bonchev–Trinajstić information content (AvgIpc) is 2.89. The molecule has 0 unspecified atom stereocenters. The van der Waals surface area contributed by atoms with E-state index < -0.39 is 0 Å². The molecule has 0 aliphatic heterocycles. The van der Waals surface area contributed by atoms with Gasteiger partial charge in [-0.1, -0.05) is 22.0 Å². The van der Waals surface area contributed by atoms with Gasteiger partial charge in [-0.15, -0.1) is 0 Å². The molecule has 2 aromatic rings. The van der Waals surface area contributed by atoms with E-state index in [4.69, 9.17) is 0 Å². The molecule has 2 heterocycles. The number of carbonyl (C=O) groups excluding carboxylic acids is 1. The van der Waals surface area contributed by atoms with Crippen molar-refractivity contribution in [3.05, 3.63) is 46.1 Å². The zero-order chi connectivity index (χ0) is 13.4. The summed E-state index contributed by atoms with van der Waals surface area (Å²) < 4.78 is 3.42. The van der Waals surface area contributed by atoms with Gasteiger partial charge in [-0.25, -0.2) is 0 Å². The van der Waals surface area contributed by atoms with Gasteiger partial charge in [-0.05, 0) is 24.6 Å². The third-order valence-corrected chi connectivity index (χ3v) is 3.90. The number of carbonyl (C=O) groups is 1. The van der Waals surface area contributed by atoms with E-state index in [1.54, 1.807) is 15.0 Å². The predicted octanol–water partition coefficient (Wildman–Crippen LogP) is 2.49. The van der Waals surface area contributed by atoms with E-state index in [0.29, 0.717) is 24.2 Å². The normalized spacial score (nSPS) is 14.1. The number of hydrogen-bond acceptors (Lipinski definition) is 2. The second-order valence-electron chi connectivity index (χ2n) is 4.53. The summed E-state index contributed by atoms with van der Waals surface area (Å²) in [5.41, 5.74) is 1.88. The summed E-state index contributed by atoms with van der Waals surface area (Å²) >= 11 is 3.37. The molecule has 2 aromatic heterocycles. The summed E-state index contributed by atoms with van der Waals surface area (Å²) in [6.45, 7) is 0.563. The summed E-state index contributed by atoms with van der Waals surface area (Å²) in [4.78, 5) is 24.6. The zero-order valence-corrected chi connectivity index (χ0v) is 11.9. The lowest BCUT2D eigenvalue weighted by Gasteiger charge is -2.18. The average molecular weight is 321 g/mol. The van der Waals surface area contributed by atoms with Crippen LogP contribution in [0.4, 0.5) is 0 Å². The Morgan fingerprint density at radius 1 is 1.32 bits per heavy atom. The molecule has 0 atom stereocenters. The highest BCUT2D eigenvalue weighted by molar-refractivity contribution is 9.09. The number of aromatic nitrogens is 2. The lowest BCUT2D eigenvalue weighted by atomic mass is 10.1. The lowest BCUT2D eigenvalue weighted by molar-refractivity contribution is 0.0983. The molecule has 0 fully saturated rings. The molecule has 4 nitrogen and oxygen atoms in total. The maximum Gasteiger partial charge on any atom is 0.275 e. The van der Waals surface area contributed by atoms with E-state index in [-0.39, 0.29) is 11.3 Å². The van der Waals surface area contributed by atoms with Crippen LogP contribution in [0.3, 0.4) is 0 Å². The topological polar surface area (TPSA) is 43.5 Å². The Hall–Kier alpha value is -1.62. The lowest BCUT2D eigenvalue weighted by Crippen LogP contribution is -2.30. The standard InChI is InChI=1S/C14H13BrN2O2/c15-7-3-9-17-13-10(4-1-6-12(13)18)16-8-2-5-11(16)14(17)19/h1-2,4-5,8H,3,6-7,9H2. The van der Waals surface area contributed by atoms with Gasteiger partial charge in [0.15, 0.2) is 5.78 Å². The molecular formula is C14H13BrN2O2. The Labute approximate surface area is 118 Å². The Bertz CT molecular complexity index is 740. The van der Waals surface area contributed by atoms with E-state index in [1.807, 2.05) is 24.4 Å². The van der Waals surface area contributed by atoms with Gasteiger partial charge >= 0.3 is 0 Å². The Balaban J connectivity index is 2.36. The van der Waals surface area contributed by atoms with E-state index in [9.17, 15) is 9.59 Å². The van der Waals surface area contributed by atoms with Crippen molar-refractivity contribution in [1.29, 1.82) is 0 Å². The largest absolute Gasteiger partial charge is 0.310 e. The molecule has 1 aliphatic carbocycles. The van der Waals surface area contributed by atoms with Crippen LogP contribution in [0.25, 0.3) is 11.6 Å². The maximum absolute atomic E-state index is 12.5. The monoisotopic (exact) mass is 320 g/mol. The van der Waals surface area contributed by atoms with Crippen molar-refractivity contribution in [3.8, 4) is 0 Å². The highest BCUT2D eigenvalue weighted by Crippen LogP contribution is 2.20. The first-order valence-electron chi connectivity index (χ1n) is 6.23. The molecule has 0 N–H and O–H groups in total. The van der Waals surface area contributed by atoms with E-state index in [2.05, 4.69) is 15.9 Å². The van der Waals surface area contributed by atoms with Crippen LogP contribution in [0.15, 0.2) is 29.2 Å². The number of hydrogen-bond donors (Lipinski definition) is 0. The van der Waals surface area contributed by atoms with Crippen molar-refractivity contribution in [2.45, 2.75) is 19.4 Å². The van der Waals surface area contributed by atoms with Gasteiger partial charge in [-0.2, -0.15) is 0 Å². The number of fused-ring (bicyclic) bond motifs is 3. The molecule has 3 rings (SSSR count). The van der Waals surface area contributed by atoms with Gasteiger partial charge in [0.25, 0.3) is 5.56 Å². The molecular weight excluding hydrogens is 308 g/mol. The van der Waals surface area contributed by atoms with Crippen LogP contribution in [-0.4, -0.2) is 20.1 Å². The second-order valence-corrected chi connectivity index (χ2v) is 5.32. The van der Waals surface area contributed by atoms with Crippen molar-refractivity contribution in [2.75, 3.05) is 5.33 Å². The molecule has 0 saturated carbocycles. The number of nitrogens with zero attached hydrogens (tertiary/aromatic N) is 2. The third kappa shape index (κ3) is 1.89. The zero-order valence-electron chi connectivity index (χ0n) is 10.3. The van der Waals surface area contributed by atoms with Crippen LogP contribution in [-0.2, 0) is 6.54 Å². The highest BCUT2D eigenvalue weighted by atomic mass is 79.9. The predicted molar refractivity (Wildman–Crippen MR) is 78.0 cm³/mol. The molecule has 0 bridgehead atoms. The highest BCUT2D eigenvalue weighted by Gasteiger charge is 2.22. The molecule has 0 radical (unpaired) electrons. The first-order chi connectivity index (χ1) is 9.24. The minimum Gasteiger partial charge on any atom is -0.310 e. The Kier molecular flexibility index (Phi) is 3.14. The van der Waals surface area contributed by atoms with Gasteiger partial charge in [0, 0.05) is 24.5 Å². The first kappa shape index (κ1) is 12.4. The minimum atomic E-state index is -0.0895. The van der Waals surface area contributed by atoms with Crippen molar-refractivity contribution in [3.63, 3.8) is 0 Å². The summed E-state index contributed by atoms with van der Waals surface area (Å²) in [7, 11) is 0. The number of rotatable bonds is 3. The molecule has 19 heavy (non-hydrogen) atoms. The first-order valence-corrected chi connectivity index (χ1v) is 7.35. The molecule has 0 amide bonds. The SMILES string of the molecule is O=C1CC=Cc2c1n(CCCBr)c(=O)c1cccn21. The van der Waals surface area contributed by atoms with Crippen LogP contribution < -0.4 is 5.56 Å². The van der Waals surface area contributed by atoms with Crippen LogP contribution in [0.2, 0.25) is 0 Å². The Morgan fingerprint density at radius 2 is 2.16 bits per heavy atom. The summed E-state index contributed by atoms with van der Waals surface area (Å²) in [6, 6.07) is 3.62. The third-order valence-electron chi connectivity index (χ3n) is 3.34. The van der Waals surface area contributed by atoms with Gasteiger partial charge in [0.05, 0.1) is 5.69 Å². The van der Waals surface area contributed by atoms with Gasteiger partial charge in [0.1, 0.15) is 11.2 Å². The molecule has 0 aromatic carbocycles. The number of allylic oxidation sites excluding steroid dienone is 1. The molecule has 98 valence electrons. The van der Waals surface area contributed by atoms with Crippen LogP contribution >= 0.6 is 15.9 Å². The van der Waals surface area contributed by atoms with Crippen molar-refractivity contribution < 1.29 is 4.79 Å². The summed E-state index contributed by atoms with van der Waals surface area (Å²) in [5, 5.41) is 0.810.